The summed E-state index contributed by atoms with van der Waals surface area (Å²) < 4.78 is 0. The van der Waals surface area contributed by atoms with E-state index in [1.807, 2.05) is 14.1 Å². The molecule has 1 amide bonds. The van der Waals surface area contributed by atoms with E-state index in [0.717, 1.165) is 29.8 Å². The third kappa shape index (κ3) is 5.57. The minimum absolute atomic E-state index is 0.0680. The minimum atomic E-state index is -0.0680. The molecule has 0 spiro atoms. The van der Waals surface area contributed by atoms with Crippen molar-refractivity contribution in [3.8, 4) is 0 Å². The largest absolute Gasteiger partial charge is 0.352 e. The monoisotopic (exact) mass is 340 g/mol. The summed E-state index contributed by atoms with van der Waals surface area (Å²) in [5, 5.41) is 6.30. The topological polar surface area (TPSA) is 57.3 Å². The van der Waals surface area contributed by atoms with Crippen LogP contribution in [0.5, 0.6) is 0 Å². The molecule has 0 radical (unpaired) electrons. The van der Waals surface area contributed by atoms with E-state index in [1.54, 1.807) is 18.3 Å². The highest BCUT2D eigenvalue weighted by Crippen LogP contribution is 2.25. The zero-order valence-electron chi connectivity index (χ0n) is 15.8. The van der Waals surface area contributed by atoms with Crippen LogP contribution < -0.4 is 10.6 Å². The van der Waals surface area contributed by atoms with Crippen molar-refractivity contribution in [1.82, 2.24) is 15.2 Å². The third-order valence-electron chi connectivity index (χ3n) is 4.02. The van der Waals surface area contributed by atoms with Crippen LogP contribution >= 0.6 is 0 Å². The number of nitrogens with zero attached hydrogens (tertiary/aromatic N) is 2. The Bertz CT molecular complexity index is 717. The summed E-state index contributed by atoms with van der Waals surface area (Å²) in [6.45, 7) is 7.85. The highest BCUT2D eigenvalue weighted by atomic mass is 16.1. The quantitative estimate of drug-likeness (QED) is 0.758. The lowest BCUT2D eigenvalue weighted by Gasteiger charge is -2.14. The van der Waals surface area contributed by atoms with E-state index < -0.39 is 0 Å². The van der Waals surface area contributed by atoms with E-state index in [0.29, 0.717) is 17.9 Å². The zero-order chi connectivity index (χ0) is 18.4. The van der Waals surface area contributed by atoms with Crippen LogP contribution in [-0.4, -0.2) is 43.0 Å². The average molecular weight is 340 g/mol. The molecule has 0 aliphatic carbocycles. The summed E-state index contributed by atoms with van der Waals surface area (Å²) in [6.07, 6.45) is 2.59. The maximum Gasteiger partial charge on any atom is 0.251 e. The van der Waals surface area contributed by atoms with Crippen molar-refractivity contribution in [2.45, 2.75) is 27.2 Å². The van der Waals surface area contributed by atoms with Gasteiger partial charge in [0.25, 0.3) is 5.91 Å². The number of aryl methyl sites for hydroxylation is 3. The number of hydrogen-bond donors (Lipinski definition) is 2. The molecule has 0 bridgehead atoms. The number of nitrogens with one attached hydrogen (secondary N) is 2. The first-order valence-corrected chi connectivity index (χ1v) is 8.60. The molecule has 134 valence electrons. The molecule has 0 aliphatic heterocycles. The Labute approximate surface area is 150 Å². The number of rotatable bonds is 7. The van der Waals surface area contributed by atoms with Gasteiger partial charge in [0.05, 0.1) is 0 Å². The summed E-state index contributed by atoms with van der Waals surface area (Å²) >= 11 is 0. The molecule has 2 rings (SSSR count). The van der Waals surface area contributed by atoms with Crippen LogP contribution in [0.15, 0.2) is 30.5 Å². The van der Waals surface area contributed by atoms with Gasteiger partial charge in [-0.1, -0.05) is 17.7 Å². The molecule has 0 saturated heterocycles. The molecule has 0 fully saturated rings. The fraction of sp³-hybridized carbons (Fsp3) is 0.400. The van der Waals surface area contributed by atoms with Crippen molar-refractivity contribution in [2.24, 2.45) is 0 Å². The van der Waals surface area contributed by atoms with Gasteiger partial charge in [0.15, 0.2) is 0 Å². The fourth-order valence-corrected chi connectivity index (χ4v) is 2.84. The van der Waals surface area contributed by atoms with Gasteiger partial charge in [-0.15, -0.1) is 0 Å². The van der Waals surface area contributed by atoms with Gasteiger partial charge in [-0.2, -0.15) is 0 Å². The standard InChI is InChI=1S/C20H28N4O/c1-14-11-15(2)19(16(3)12-14)23-18-13-17(7-9-21-18)20(25)22-8-6-10-24(4)5/h7,9,11-13H,6,8,10H2,1-5H3,(H,21,23)(H,22,25). The molecule has 1 aromatic carbocycles. The second-order valence-electron chi connectivity index (χ2n) is 6.74. The Hall–Kier alpha value is -2.40. The van der Waals surface area contributed by atoms with E-state index >= 15 is 0 Å². The Balaban J connectivity index is 2.05. The molecule has 0 saturated carbocycles. The summed E-state index contributed by atoms with van der Waals surface area (Å²) in [4.78, 5) is 18.7. The molecule has 1 heterocycles. The lowest BCUT2D eigenvalue weighted by molar-refractivity contribution is 0.0952. The number of anilines is 2. The number of hydrogen-bond acceptors (Lipinski definition) is 4. The SMILES string of the molecule is Cc1cc(C)c(Nc2cc(C(=O)NCCCN(C)C)ccn2)c(C)c1. The Kier molecular flexibility index (Phi) is 6.53. The molecule has 5 heteroatoms. The van der Waals surface area contributed by atoms with Crippen LogP contribution in [0, 0.1) is 20.8 Å². The van der Waals surface area contributed by atoms with Crippen LogP contribution in [0.4, 0.5) is 11.5 Å². The number of aromatic nitrogens is 1. The van der Waals surface area contributed by atoms with Gasteiger partial charge in [-0.05, 0) is 71.1 Å². The molecule has 2 aromatic rings. The van der Waals surface area contributed by atoms with Gasteiger partial charge in [0.1, 0.15) is 5.82 Å². The number of amides is 1. The van der Waals surface area contributed by atoms with Crippen LogP contribution in [-0.2, 0) is 0 Å². The van der Waals surface area contributed by atoms with Gasteiger partial charge < -0.3 is 15.5 Å². The predicted octanol–water partition coefficient (Wildman–Crippen LogP) is 3.43. The van der Waals surface area contributed by atoms with Crippen molar-refractivity contribution in [1.29, 1.82) is 0 Å². The van der Waals surface area contributed by atoms with Crippen molar-refractivity contribution in [3.05, 3.63) is 52.7 Å². The van der Waals surface area contributed by atoms with Crippen LogP contribution in [0.3, 0.4) is 0 Å². The fourth-order valence-electron chi connectivity index (χ4n) is 2.84. The number of carbonyl (C=O) groups excluding carboxylic acids is 1. The predicted molar refractivity (Wildman–Crippen MR) is 104 cm³/mol. The van der Waals surface area contributed by atoms with Crippen molar-refractivity contribution in [2.75, 3.05) is 32.5 Å². The molecule has 0 aliphatic rings. The minimum Gasteiger partial charge on any atom is -0.352 e. The summed E-state index contributed by atoms with van der Waals surface area (Å²) in [7, 11) is 4.05. The Morgan fingerprint density at radius 3 is 2.44 bits per heavy atom. The summed E-state index contributed by atoms with van der Waals surface area (Å²) in [5.41, 5.74) is 5.22. The van der Waals surface area contributed by atoms with Gasteiger partial charge in [-0.3, -0.25) is 4.79 Å². The van der Waals surface area contributed by atoms with E-state index in [1.165, 1.54) is 5.56 Å². The van der Waals surface area contributed by atoms with Gasteiger partial charge >= 0.3 is 0 Å². The first-order valence-electron chi connectivity index (χ1n) is 8.60. The smallest absolute Gasteiger partial charge is 0.251 e. The number of carbonyl (C=O) groups is 1. The zero-order valence-corrected chi connectivity index (χ0v) is 15.8. The molecule has 5 nitrogen and oxygen atoms in total. The van der Waals surface area contributed by atoms with Gasteiger partial charge in [0.2, 0.25) is 0 Å². The number of benzene rings is 1. The lowest BCUT2D eigenvalue weighted by Crippen LogP contribution is -2.27. The van der Waals surface area contributed by atoms with Crippen molar-refractivity contribution in [3.63, 3.8) is 0 Å². The maximum atomic E-state index is 12.3. The van der Waals surface area contributed by atoms with Crippen LogP contribution in [0.1, 0.15) is 33.5 Å². The van der Waals surface area contributed by atoms with Crippen LogP contribution in [0.25, 0.3) is 0 Å². The second kappa shape index (κ2) is 8.62. The highest BCUT2D eigenvalue weighted by Gasteiger charge is 2.09. The van der Waals surface area contributed by atoms with Gasteiger partial charge in [-0.25, -0.2) is 4.98 Å². The summed E-state index contributed by atoms with van der Waals surface area (Å²) in [6, 6.07) is 7.80. The molecule has 2 N–H and O–H groups in total. The molecule has 0 atom stereocenters. The molecule has 25 heavy (non-hydrogen) atoms. The Morgan fingerprint density at radius 2 is 1.80 bits per heavy atom. The molecular formula is C20H28N4O. The maximum absolute atomic E-state index is 12.3. The average Bonchev–Trinajstić information content (AvgIpc) is 2.55. The molecule has 0 unspecified atom stereocenters. The molecule has 1 aromatic heterocycles. The highest BCUT2D eigenvalue weighted by molar-refractivity contribution is 5.94. The van der Waals surface area contributed by atoms with E-state index in [2.05, 4.69) is 53.4 Å². The van der Waals surface area contributed by atoms with Crippen molar-refractivity contribution < 1.29 is 4.79 Å². The van der Waals surface area contributed by atoms with Gasteiger partial charge in [0, 0.05) is 24.0 Å². The molecular weight excluding hydrogens is 312 g/mol. The van der Waals surface area contributed by atoms with E-state index in [4.69, 9.17) is 0 Å². The third-order valence-corrected chi connectivity index (χ3v) is 4.02. The summed E-state index contributed by atoms with van der Waals surface area (Å²) in [5.74, 6) is 0.609. The van der Waals surface area contributed by atoms with Crippen molar-refractivity contribution >= 4 is 17.4 Å². The second-order valence-corrected chi connectivity index (χ2v) is 6.74. The first-order chi connectivity index (χ1) is 11.9. The lowest BCUT2D eigenvalue weighted by atomic mass is 10.1. The first kappa shape index (κ1) is 18.9. The number of pyridine rings is 1. The van der Waals surface area contributed by atoms with E-state index in [9.17, 15) is 4.79 Å². The normalized spacial score (nSPS) is 10.8. The Morgan fingerprint density at radius 1 is 1.12 bits per heavy atom. The van der Waals surface area contributed by atoms with E-state index in [-0.39, 0.29) is 5.91 Å². The van der Waals surface area contributed by atoms with Crippen LogP contribution in [0.2, 0.25) is 0 Å².